The standard InChI is InChI=1S/C11H11BrO2/c1-7-5-9(3-4-10(7)12)11(14)6-8(2)13/h3-5H,6H2,1-2H3. The molecule has 2 nitrogen and oxygen atoms in total. The van der Waals surface area contributed by atoms with E-state index in [1.165, 1.54) is 6.92 Å². The van der Waals surface area contributed by atoms with Crippen molar-refractivity contribution in [3.8, 4) is 0 Å². The normalized spacial score (nSPS) is 9.93. The predicted molar refractivity (Wildman–Crippen MR) is 58.5 cm³/mol. The van der Waals surface area contributed by atoms with Gasteiger partial charge in [-0.15, -0.1) is 0 Å². The third-order valence-electron chi connectivity index (χ3n) is 1.89. The molecule has 0 spiro atoms. The van der Waals surface area contributed by atoms with Crippen LogP contribution in [0.5, 0.6) is 0 Å². The molecule has 0 saturated heterocycles. The van der Waals surface area contributed by atoms with Crippen molar-refractivity contribution in [1.29, 1.82) is 0 Å². The van der Waals surface area contributed by atoms with Crippen molar-refractivity contribution >= 4 is 27.5 Å². The average Bonchev–Trinajstić information content (AvgIpc) is 2.08. The fraction of sp³-hybridized carbons (Fsp3) is 0.273. The molecule has 0 aliphatic heterocycles. The zero-order chi connectivity index (χ0) is 10.7. The van der Waals surface area contributed by atoms with E-state index in [1.807, 2.05) is 13.0 Å². The molecule has 74 valence electrons. The number of ketones is 2. The predicted octanol–water partition coefficient (Wildman–Crippen LogP) is 2.92. The smallest absolute Gasteiger partial charge is 0.170 e. The molecule has 0 N–H and O–H groups in total. The van der Waals surface area contributed by atoms with Crippen molar-refractivity contribution in [3.05, 3.63) is 33.8 Å². The summed E-state index contributed by atoms with van der Waals surface area (Å²) < 4.78 is 0.969. The number of hydrogen-bond acceptors (Lipinski definition) is 2. The second-order valence-corrected chi connectivity index (χ2v) is 4.12. The number of benzene rings is 1. The molecular weight excluding hydrogens is 244 g/mol. The van der Waals surface area contributed by atoms with E-state index in [0.717, 1.165) is 10.0 Å². The Kier molecular flexibility index (Phi) is 3.58. The molecule has 0 unspecified atom stereocenters. The molecule has 1 rings (SSSR count). The first-order valence-corrected chi connectivity index (χ1v) is 5.09. The highest BCUT2D eigenvalue weighted by atomic mass is 79.9. The van der Waals surface area contributed by atoms with Crippen molar-refractivity contribution in [3.63, 3.8) is 0 Å². The lowest BCUT2D eigenvalue weighted by Crippen LogP contribution is -2.04. The number of carbonyl (C=O) groups is 2. The van der Waals surface area contributed by atoms with Gasteiger partial charge >= 0.3 is 0 Å². The van der Waals surface area contributed by atoms with Crippen LogP contribution in [0.2, 0.25) is 0 Å². The van der Waals surface area contributed by atoms with Gasteiger partial charge in [0, 0.05) is 10.0 Å². The van der Waals surface area contributed by atoms with Gasteiger partial charge < -0.3 is 0 Å². The second kappa shape index (κ2) is 4.51. The van der Waals surface area contributed by atoms with Crippen molar-refractivity contribution in [2.45, 2.75) is 20.3 Å². The molecule has 0 amide bonds. The maximum atomic E-state index is 11.5. The second-order valence-electron chi connectivity index (χ2n) is 3.27. The average molecular weight is 255 g/mol. The molecule has 0 aliphatic carbocycles. The first-order valence-electron chi connectivity index (χ1n) is 4.29. The van der Waals surface area contributed by atoms with Gasteiger partial charge in [0.25, 0.3) is 0 Å². The summed E-state index contributed by atoms with van der Waals surface area (Å²) >= 11 is 3.35. The highest BCUT2D eigenvalue weighted by Gasteiger charge is 2.09. The van der Waals surface area contributed by atoms with E-state index in [4.69, 9.17) is 0 Å². The van der Waals surface area contributed by atoms with Crippen LogP contribution in [0, 0.1) is 6.92 Å². The van der Waals surface area contributed by atoms with Crippen LogP contribution >= 0.6 is 15.9 Å². The van der Waals surface area contributed by atoms with Crippen LogP contribution in [0.3, 0.4) is 0 Å². The molecule has 1 aromatic rings. The number of Topliss-reactive ketones (excluding diaryl/α,β-unsaturated/α-hetero) is 2. The van der Waals surface area contributed by atoms with Gasteiger partial charge in [-0.3, -0.25) is 9.59 Å². The van der Waals surface area contributed by atoms with Crippen LogP contribution < -0.4 is 0 Å². The van der Waals surface area contributed by atoms with Crippen LogP contribution in [0.25, 0.3) is 0 Å². The van der Waals surface area contributed by atoms with Crippen molar-refractivity contribution < 1.29 is 9.59 Å². The molecule has 1 aromatic carbocycles. The van der Waals surface area contributed by atoms with E-state index in [-0.39, 0.29) is 18.0 Å². The van der Waals surface area contributed by atoms with Crippen LogP contribution in [0.15, 0.2) is 22.7 Å². The van der Waals surface area contributed by atoms with Gasteiger partial charge in [-0.1, -0.05) is 22.0 Å². The molecule has 0 radical (unpaired) electrons. The summed E-state index contributed by atoms with van der Waals surface area (Å²) in [7, 11) is 0. The zero-order valence-corrected chi connectivity index (χ0v) is 9.72. The Balaban J connectivity index is 2.91. The first kappa shape index (κ1) is 11.1. The lowest BCUT2D eigenvalue weighted by atomic mass is 10.0. The van der Waals surface area contributed by atoms with Crippen molar-refractivity contribution in [2.24, 2.45) is 0 Å². The van der Waals surface area contributed by atoms with Crippen LogP contribution in [-0.2, 0) is 4.79 Å². The van der Waals surface area contributed by atoms with E-state index in [1.54, 1.807) is 12.1 Å². The maximum Gasteiger partial charge on any atom is 0.170 e. The lowest BCUT2D eigenvalue weighted by molar-refractivity contribution is -0.116. The van der Waals surface area contributed by atoms with Crippen LogP contribution in [-0.4, -0.2) is 11.6 Å². The Hall–Kier alpha value is -0.960. The molecule has 0 bridgehead atoms. The number of aryl methyl sites for hydroxylation is 1. The van der Waals surface area contributed by atoms with Gasteiger partial charge in [0.15, 0.2) is 5.78 Å². The largest absolute Gasteiger partial charge is 0.300 e. The van der Waals surface area contributed by atoms with Gasteiger partial charge in [-0.05, 0) is 31.5 Å². The zero-order valence-electron chi connectivity index (χ0n) is 8.13. The molecule has 3 heteroatoms. The Bertz CT molecular complexity index is 383. The topological polar surface area (TPSA) is 34.1 Å². The van der Waals surface area contributed by atoms with E-state index in [2.05, 4.69) is 15.9 Å². The summed E-state index contributed by atoms with van der Waals surface area (Å²) in [6, 6.07) is 5.33. The molecule has 0 heterocycles. The van der Waals surface area contributed by atoms with Crippen molar-refractivity contribution in [2.75, 3.05) is 0 Å². The van der Waals surface area contributed by atoms with Crippen LogP contribution in [0.4, 0.5) is 0 Å². The number of rotatable bonds is 3. The molecule has 0 fully saturated rings. The van der Waals surface area contributed by atoms with E-state index < -0.39 is 0 Å². The number of hydrogen-bond donors (Lipinski definition) is 0. The van der Waals surface area contributed by atoms with E-state index >= 15 is 0 Å². The summed E-state index contributed by atoms with van der Waals surface area (Å²) in [4.78, 5) is 22.2. The maximum absolute atomic E-state index is 11.5. The van der Waals surface area contributed by atoms with E-state index in [0.29, 0.717) is 5.56 Å². The van der Waals surface area contributed by atoms with Gasteiger partial charge in [0.2, 0.25) is 0 Å². The third-order valence-corrected chi connectivity index (χ3v) is 2.78. The molecule has 14 heavy (non-hydrogen) atoms. The van der Waals surface area contributed by atoms with Gasteiger partial charge in [0.05, 0.1) is 6.42 Å². The minimum absolute atomic E-state index is 0.0128. The highest BCUT2D eigenvalue weighted by Crippen LogP contribution is 2.17. The van der Waals surface area contributed by atoms with Crippen LogP contribution in [0.1, 0.15) is 29.3 Å². The Morgan fingerprint density at radius 2 is 2.00 bits per heavy atom. The fourth-order valence-electron chi connectivity index (χ4n) is 1.15. The van der Waals surface area contributed by atoms with Gasteiger partial charge in [0.1, 0.15) is 5.78 Å². The summed E-state index contributed by atoms with van der Waals surface area (Å²) in [5, 5.41) is 0. The van der Waals surface area contributed by atoms with E-state index in [9.17, 15) is 9.59 Å². The SMILES string of the molecule is CC(=O)CC(=O)c1ccc(Br)c(C)c1. The molecule has 0 aromatic heterocycles. The molecular formula is C11H11BrO2. The number of carbonyl (C=O) groups excluding carboxylic acids is 2. The monoisotopic (exact) mass is 254 g/mol. The minimum Gasteiger partial charge on any atom is -0.300 e. The lowest BCUT2D eigenvalue weighted by Gasteiger charge is -2.01. The highest BCUT2D eigenvalue weighted by molar-refractivity contribution is 9.10. The quantitative estimate of drug-likeness (QED) is 0.614. The minimum atomic E-state index is -0.117. The number of halogens is 1. The Labute approximate surface area is 91.4 Å². The Morgan fingerprint density at radius 3 is 2.50 bits per heavy atom. The Morgan fingerprint density at radius 1 is 1.36 bits per heavy atom. The molecule has 0 aliphatic rings. The summed E-state index contributed by atoms with van der Waals surface area (Å²) in [5.74, 6) is -0.219. The first-order chi connectivity index (χ1) is 6.50. The molecule has 0 atom stereocenters. The summed E-state index contributed by atoms with van der Waals surface area (Å²) in [6.45, 7) is 3.33. The van der Waals surface area contributed by atoms with Crippen molar-refractivity contribution in [1.82, 2.24) is 0 Å². The summed E-state index contributed by atoms with van der Waals surface area (Å²) in [5.41, 5.74) is 1.60. The van der Waals surface area contributed by atoms with Gasteiger partial charge in [-0.25, -0.2) is 0 Å². The molecule has 0 saturated carbocycles. The summed E-state index contributed by atoms with van der Waals surface area (Å²) in [6.07, 6.45) is -0.0128. The van der Waals surface area contributed by atoms with Gasteiger partial charge in [-0.2, -0.15) is 0 Å². The fourth-order valence-corrected chi connectivity index (χ4v) is 1.39. The third kappa shape index (κ3) is 2.77.